The number of hydrogen-bond acceptors (Lipinski definition) is 4. The number of nitrogens with zero attached hydrogens (tertiary/aromatic N) is 2. The molecule has 2 aromatic carbocycles. The Morgan fingerprint density at radius 1 is 1.15 bits per heavy atom. The maximum atomic E-state index is 13.3. The predicted octanol–water partition coefficient (Wildman–Crippen LogP) is 3.62. The van der Waals surface area contributed by atoms with Crippen LogP contribution >= 0.6 is 11.8 Å². The van der Waals surface area contributed by atoms with Crippen LogP contribution in [0.1, 0.15) is 25.0 Å². The highest BCUT2D eigenvalue weighted by molar-refractivity contribution is 8.00. The van der Waals surface area contributed by atoms with Crippen LogP contribution < -0.4 is 10.9 Å². The van der Waals surface area contributed by atoms with E-state index in [0.29, 0.717) is 22.6 Å². The molecule has 0 fully saturated rings. The van der Waals surface area contributed by atoms with Crippen molar-refractivity contribution < 1.29 is 4.79 Å². The third-order valence-corrected chi connectivity index (χ3v) is 5.46. The molecule has 1 heterocycles. The van der Waals surface area contributed by atoms with Crippen molar-refractivity contribution in [2.24, 2.45) is 0 Å². The van der Waals surface area contributed by atoms with Crippen LogP contribution in [-0.2, 0) is 4.79 Å². The van der Waals surface area contributed by atoms with Gasteiger partial charge >= 0.3 is 0 Å². The van der Waals surface area contributed by atoms with E-state index in [1.165, 1.54) is 11.8 Å². The molecule has 0 aliphatic heterocycles. The van der Waals surface area contributed by atoms with Crippen molar-refractivity contribution in [3.63, 3.8) is 0 Å². The first-order valence-corrected chi connectivity index (χ1v) is 9.84. The molecule has 0 spiro atoms. The zero-order chi connectivity index (χ0) is 19.6. The molecule has 6 heteroatoms. The number of nitrogens with one attached hydrogen (secondary N) is 1. The summed E-state index contributed by atoms with van der Waals surface area (Å²) in [5.74, 6) is -0.0713. The van der Waals surface area contributed by atoms with E-state index in [1.54, 1.807) is 10.6 Å². The van der Waals surface area contributed by atoms with Crippen molar-refractivity contribution in [2.45, 2.75) is 38.1 Å². The normalized spacial score (nSPS) is 12.1. The third-order valence-electron chi connectivity index (χ3n) is 4.41. The molecule has 5 nitrogen and oxygen atoms in total. The molecule has 0 unspecified atom stereocenters. The maximum Gasteiger partial charge on any atom is 0.266 e. The van der Waals surface area contributed by atoms with Gasteiger partial charge in [0.15, 0.2) is 5.16 Å². The quantitative estimate of drug-likeness (QED) is 0.542. The van der Waals surface area contributed by atoms with Gasteiger partial charge in [0.2, 0.25) is 5.91 Å². The number of rotatable bonds is 5. The number of amides is 1. The van der Waals surface area contributed by atoms with E-state index in [0.717, 1.165) is 16.8 Å². The highest BCUT2D eigenvalue weighted by Gasteiger charge is 2.21. The molecule has 3 rings (SSSR count). The Labute approximate surface area is 162 Å². The molecule has 27 heavy (non-hydrogen) atoms. The van der Waals surface area contributed by atoms with Gasteiger partial charge in [-0.15, -0.1) is 0 Å². The minimum absolute atomic E-state index is 0.0713. The lowest BCUT2D eigenvalue weighted by atomic mass is 10.1. The van der Waals surface area contributed by atoms with Crippen molar-refractivity contribution in [2.75, 3.05) is 6.54 Å². The topological polar surface area (TPSA) is 64.0 Å². The van der Waals surface area contributed by atoms with E-state index in [4.69, 9.17) is 4.98 Å². The van der Waals surface area contributed by atoms with Gasteiger partial charge in [-0.25, -0.2) is 4.98 Å². The van der Waals surface area contributed by atoms with Gasteiger partial charge < -0.3 is 5.32 Å². The van der Waals surface area contributed by atoms with E-state index in [-0.39, 0.29) is 16.7 Å². The number of benzene rings is 2. The molecular formula is C21H23N3O2S. The van der Waals surface area contributed by atoms with Crippen LogP contribution in [0.2, 0.25) is 0 Å². The Morgan fingerprint density at radius 3 is 2.48 bits per heavy atom. The molecule has 0 saturated carbocycles. The van der Waals surface area contributed by atoms with Crippen LogP contribution in [0.3, 0.4) is 0 Å². The zero-order valence-corrected chi connectivity index (χ0v) is 16.8. The van der Waals surface area contributed by atoms with Gasteiger partial charge in [0, 0.05) is 6.54 Å². The molecule has 1 atom stereocenters. The number of thioether (sulfide) groups is 1. The minimum Gasteiger partial charge on any atom is -0.355 e. The van der Waals surface area contributed by atoms with Crippen molar-refractivity contribution in [3.05, 3.63) is 63.9 Å². The number of aromatic nitrogens is 2. The third kappa shape index (κ3) is 3.76. The summed E-state index contributed by atoms with van der Waals surface area (Å²) in [5, 5.41) is 3.55. The lowest BCUT2D eigenvalue weighted by Gasteiger charge is -2.19. The summed E-state index contributed by atoms with van der Waals surface area (Å²) >= 11 is 1.30. The molecule has 0 radical (unpaired) electrons. The zero-order valence-electron chi connectivity index (χ0n) is 15.9. The van der Waals surface area contributed by atoms with Crippen LogP contribution in [0.5, 0.6) is 0 Å². The number of para-hydroxylation sites is 2. The van der Waals surface area contributed by atoms with Gasteiger partial charge in [0.1, 0.15) is 0 Å². The monoisotopic (exact) mass is 381 g/mol. The Hall–Kier alpha value is -2.60. The van der Waals surface area contributed by atoms with Gasteiger partial charge in [0.25, 0.3) is 5.56 Å². The smallest absolute Gasteiger partial charge is 0.266 e. The standard InChI is InChI=1S/C21H23N3O2S/c1-5-22-19(25)15(4)27-21-23-17-12-7-6-11-16(17)20(26)24(21)18-13(2)9-8-10-14(18)3/h6-12,15H,5H2,1-4H3,(H,22,25)/t15-/m1/s1. The Kier molecular flexibility index (Phi) is 5.65. The van der Waals surface area contributed by atoms with E-state index in [9.17, 15) is 9.59 Å². The lowest BCUT2D eigenvalue weighted by molar-refractivity contribution is -0.120. The van der Waals surface area contributed by atoms with Gasteiger partial charge in [-0.2, -0.15) is 0 Å². The van der Waals surface area contributed by atoms with E-state index < -0.39 is 0 Å². The molecule has 1 amide bonds. The molecular weight excluding hydrogens is 358 g/mol. The second-order valence-corrected chi connectivity index (χ2v) is 7.76. The summed E-state index contributed by atoms with van der Waals surface area (Å²) in [6, 6.07) is 13.2. The molecule has 140 valence electrons. The van der Waals surface area contributed by atoms with Crippen LogP contribution in [0.4, 0.5) is 0 Å². The predicted molar refractivity (Wildman–Crippen MR) is 111 cm³/mol. The number of aryl methyl sites for hydroxylation is 2. The largest absolute Gasteiger partial charge is 0.355 e. The summed E-state index contributed by atoms with van der Waals surface area (Å²) in [5.41, 5.74) is 3.31. The van der Waals surface area contributed by atoms with Crippen LogP contribution in [0, 0.1) is 13.8 Å². The Morgan fingerprint density at radius 2 is 1.81 bits per heavy atom. The number of hydrogen-bond donors (Lipinski definition) is 1. The number of fused-ring (bicyclic) bond motifs is 1. The summed E-state index contributed by atoms with van der Waals surface area (Å²) in [7, 11) is 0. The minimum atomic E-state index is -0.367. The molecule has 3 aromatic rings. The van der Waals surface area contributed by atoms with Gasteiger partial charge in [-0.1, -0.05) is 42.1 Å². The summed E-state index contributed by atoms with van der Waals surface area (Å²) < 4.78 is 1.65. The second-order valence-electron chi connectivity index (χ2n) is 6.45. The van der Waals surface area contributed by atoms with Crippen molar-refractivity contribution >= 4 is 28.6 Å². The van der Waals surface area contributed by atoms with E-state index in [2.05, 4.69) is 5.32 Å². The second kappa shape index (κ2) is 7.96. The summed E-state index contributed by atoms with van der Waals surface area (Å²) in [4.78, 5) is 30.3. The van der Waals surface area contributed by atoms with Gasteiger partial charge in [-0.3, -0.25) is 14.2 Å². The van der Waals surface area contributed by atoms with Crippen molar-refractivity contribution in [3.8, 4) is 5.69 Å². The summed E-state index contributed by atoms with van der Waals surface area (Å²) in [6.07, 6.45) is 0. The molecule has 0 aliphatic carbocycles. The SMILES string of the molecule is CCNC(=O)[C@@H](C)Sc1nc2ccccc2c(=O)n1-c1c(C)cccc1C. The molecule has 1 N–H and O–H groups in total. The number of carbonyl (C=O) groups excluding carboxylic acids is 1. The van der Waals surface area contributed by atoms with E-state index in [1.807, 2.05) is 64.1 Å². The molecule has 1 aromatic heterocycles. The highest BCUT2D eigenvalue weighted by Crippen LogP contribution is 2.27. The maximum absolute atomic E-state index is 13.3. The summed E-state index contributed by atoms with van der Waals surface area (Å²) in [6.45, 7) is 8.23. The first-order valence-electron chi connectivity index (χ1n) is 8.96. The Balaban J connectivity index is 2.25. The van der Waals surface area contributed by atoms with Gasteiger partial charge in [-0.05, 0) is 51.0 Å². The van der Waals surface area contributed by atoms with Crippen molar-refractivity contribution in [1.82, 2.24) is 14.9 Å². The fourth-order valence-corrected chi connectivity index (χ4v) is 4.01. The molecule has 0 bridgehead atoms. The molecule has 0 aliphatic rings. The van der Waals surface area contributed by atoms with Crippen molar-refractivity contribution in [1.29, 1.82) is 0 Å². The fourth-order valence-electron chi connectivity index (χ4n) is 3.08. The number of carbonyl (C=O) groups is 1. The first-order chi connectivity index (χ1) is 12.9. The average molecular weight is 382 g/mol. The average Bonchev–Trinajstić information content (AvgIpc) is 2.64. The van der Waals surface area contributed by atoms with Gasteiger partial charge in [0.05, 0.1) is 21.8 Å². The fraction of sp³-hybridized carbons (Fsp3) is 0.286. The molecule has 0 saturated heterocycles. The lowest BCUT2D eigenvalue weighted by Crippen LogP contribution is -2.31. The van der Waals surface area contributed by atoms with Crippen LogP contribution in [0.25, 0.3) is 16.6 Å². The highest BCUT2D eigenvalue weighted by atomic mass is 32.2. The van der Waals surface area contributed by atoms with E-state index >= 15 is 0 Å². The first kappa shape index (κ1) is 19.2. The van der Waals surface area contributed by atoms with Crippen LogP contribution in [-0.4, -0.2) is 27.3 Å². The Bertz CT molecular complexity index is 1040. The van der Waals surface area contributed by atoms with Crippen LogP contribution in [0.15, 0.2) is 52.4 Å².